The van der Waals surface area contributed by atoms with Crippen LogP contribution in [0.2, 0.25) is 0 Å². The molecule has 0 radical (unpaired) electrons. The normalized spacial score (nSPS) is 19.2. The Balaban J connectivity index is 2.19. The lowest BCUT2D eigenvalue weighted by Gasteiger charge is -2.14. The molecule has 0 saturated heterocycles. The number of allylic oxidation sites excluding steroid dienone is 1. The van der Waals surface area contributed by atoms with Gasteiger partial charge in [0.1, 0.15) is 0 Å². The minimum absolute atomic E-state index is 0.367. The second-order valence-electron chi connectivity index (χ2n) is 3.78. The van der Waals surface area contributed by atoms with E-state index in [1.165, 1.54) is 0 Å². The highest BCUT2D eigenvalue weighted by atomic mass is 14.7. The van der Waals surface area contributed by atoms with Crippen LogP contribution in [0.3, 0.4) is 0 Å². The lowest BCUT2D eigenvalue weighted by atomic mass is 9.98. The summed E-state index contributed by atoms with van der Waals surface area (Å²) in [6, 6.07) is 9.70. The second-order valence-corrected chi connectivity index (χ2v) is 3.78. The van der Waals surface area contributed by atoms with Gasteiger partial charge in [0.25, 0.3) is 0 Å². The van der Waals surface area contributed by atoms with E-state index in [1.54, 1.807) is 0 Å². The van der Waals surface area contributed by atoms with Gasteiger partial charge < -0.3 is 0 Å². The first-order valence-electron chi connectivity index (χ1n) is 6.36. The molecule has 0 spiro atoms. The summed E-state index contributed by atoms with van der Waals surface area (Å²) in [5, 5.41) is 0. The fraction of sp³-hybridized carbons (Fsp3) is 0.357. The van der Waals surface area contributed by atoms with Gasteiger partial charge in [-0.25, -0.2) is 0 Å². The van der Waals surface area contributed by atoms with E-state index in [-0.39, 0.29) is 0 Å². The van der Waals surface area contributed by atoms with Gasteiger partial charge >= 0.3 is 0 Å². The summed E-state index contributed by atoms with van der Waals surface area (Å²) in [6.07, 6.45) is 0.821. The molecule has 0 saturated carbocycles. The van der Waals surface area contributed by atoms with Gasteiger partial charge in [0, 0.05) is 15.0 Å². The van der Waals surface area contributed by atoms with E-state index in [0.717, 1.165) is 30.5 Å². The van der Waals surface area contributed by atoms with E-state index < -0.39 is 6.37 Å². The maximum atomic E-state index is 8.16. The van der Waals surface area contributed by atoms with Crippen molar-refractivity contribution in [2.24, 2.45) is 4.99 Å². The summed E-state index contributed by atoms with van der Waals surface area (Å²) in [5.41, 5.74) is 2.42. The Labute approximate surface area is 94.4 Å². The molecular formula is C14H17N. The van der Waals surface area contributed by atoms with Gasteiger partial charge in [-0.05, 0) is 36.8 Å². The molecular weight excluding hydrogens is 182 g/mol. The Kier molecular flexibility index (Phi) is 2.58. The van der Waals surface area contributed by atoms with E-state index in [9.17, 15) is 0 Å². The number of aryl methyl sites for hydroxylation is 1. The standard InChI is InChI=1S/C14H17N/c1-12-6-5-11-15-14(12)10-9-13-7-3-2-4-8-13/h2-4,7-8H,1,5-6,9-11H2/i10D2. The average molecular weight is 201 g/mol. The lowest BCUT2D eigenvalue weighted by molar-refractivity contribution is 0.802. The van der Waals surface area contributed by atoms with Gasteiger partial charge in [0.2, 0.25) is 0 Å². The van der Waals surface area contributed by atoms with E-state index in [4.69, 9.17) is 2.74 Å². The van der Waals surface area contributed by atoms with Crippen molar-refractivity contribution in [2.45, 2.75) is 25.6 Å². The van der Waals surface area contributed by atoms with E-state index in [1.807, 2.05) is 30.3 Å². The highest BCUT2D eigenvalue weighted by Crippen LogP contribution is 2.15. The molecule has 0 atom stereocenters. The van der Waals surface area contributed by atoms with Crippen LogP contribution in [0.4, 0.5) is 0 Å². The molecule has 1 aliphatic heterocycles. The fourth-order valence-corrected chi connectivity index (χ4v) is 1.68. The fourth-order valence-electron chi connectivity index (χ4n) is 1.68. The molecule has 78 valence electrons. The number of nitrogens with zero attached hydrogens (tertiary/aromatic N) is 1. The Bertz CT molecular complexity index is 435. The zero-order valence-corrected chi connectivity index (χ0v) is 8.87. The molecule has 1 heteroatoms. The molecule has 1 heterocycles. The molecule has 0 bridgehead atoms. The molecule has 1 aromatic rings. The van der Waals surface area contributed by atoms with Gasteiger partial charge in [0.05, 0.1) is 0 Å². The summed E-state index contributed by atoms with van der Waals surface area (Å²) in [6.45, 7) is 4.66. The van der Waals surface area contributed by atoms with Crippen molar-refractivity contribution in [1.82, 2.24) is 0 Å². The van der Waals surface area contributed by atoms with Crippen molar-refractivity contribution in [3.05, 3.63) is 48.0 Å². The molecule has 0 aromatic heterocycles. The van der Waals surface area contributed by atoms with Gasteiger partial charge in [-0.1, -0.05) is 36.9 Å². The molecule has 0 aliphatic carbocycles. The highest BCUT2D eigenvalue weighted by molar-refractivity contribution is 6.00. The van der Waals surface area contributed by atoms with Crippen LogP contribution < -0.4 is 0 Å². The van der Waals surface area contributed by atoms with Crippen LogP contribution in [0.1, 0.15) is 27.5 Å². The minimum atomic E-state index is -1.40. The molecule has 0 fully saturated rings. The zero-order valence-electron chi connectivity index (χ0n) is 10.9. The smallest absolute Gasteiger partial charge is 0.0395 e. The highest BCUT2D eigenvalue weighted by Gasteiger charge is 2.09. The maximum absolute atomic E-state index is 8.16. The molecule has 2 rings (SSSR count). The van der Waals surface area contributed by atoms with Crippen LogP contribution in [0.5, 0.6) is 0 Å². The lowest BCUT2D eigenvalue weighted by Crippen LogP contribution is -2.10. The zero-order chi connectivity index (χ0) is 12.3. The second kappa shape index (κ2) is 4.92. The largest absolute Gasteiger partial charge is 0.289 e. The third kappa shape index (κ3) is 2.79. The molecule has 1 aromatic carbocycles. The van der Waals surface area contributed by atoms with Gasteiger partial charge in [0.15, 0.2) is 0 Å². The summed E-state index contributed by atoms with van der Waals surface area (Å²) in [7, 11) is 0. The topological polar surface area (TPSA) is 12.4 Å². The predicted molar refractivity (Wildman–Crippen MR) is 65.4 cm³/mol. The Morgan fingerprint density at radius 3 is 2.87 bits per heavy atom. The van der Waals surface area contributed by atoms with E-state index >= 15 is 0 Å². The first kappa shape index (κ1) is 7.86. The third-order valence-electron chi connectivity index (χ3n) is 2.54. The quantitative estimate of drug-likeness (QED) is 0.710. The number of benzene rings is 1. The number of aliphatic imine (C=N–C) groups is 1. The molecule has 1 nitrogen and oxygen atoms in total. The molecule has 0 unspecified atom stereocenters. The summed E-state index contributed by atoms with van der Waals surface area (Å²) in [4.78, 5) is 4.32. The summed E-state index contributed by atoms with van der Waals surface area (Å²) < 4.78 is 16.3. The van der Waals surface area contributed by atoms with Crippen molar-refractivity contribution in [3.8, 4) is 0 Å². The van der Waals surface area contributed by atoms with E-state index in [2.05, 4.69) is 11.6 Å². The number of rotatable bonds is 3. The first-order valence-corrected chi connectivity index (χ1v) is 5.36. The Morgan fingerprint density at radius 2 is 2.13 bits per heavy atom. The van der Waals surface area contributed by atoms with Crippen LogP contribution in [0, 0.1) is 0 Å². The third-order valence-corrected chi connectivity index (χ3v) is 2.54. The Hall–Kier alpha value is -1.37. The van der Waals surface area contributed by atoms with Crippen LogP contribution in [0.15, 0.2) is 47.5 Å². The molecule has 15 heavy (non-hydrogen) atoms. The van der Waals surface area contributed by atoms with Crippen molar-refractivity contribution in [1.29, 1.82) is 0 Å². The average Bonchev–Trinajstić information content (AvgIpc) is 2.30. The van der Waals surface area contributed by atoms with Crippen molar-refractivity contribution in [3.63, 3.8) is 0 Å². The van der Waals surface area contributed by atoms with E-state index in [0.29, 0.717) is 12.1 Å². The molecule has 0 N–H and O–H groups in total. The SMILES string of the molecule is [2H]C([2H])(Cc1ccccc1)C1=NCCCC1=C. The number of hydrogen-bond donors (Lipinski definition) is 0. The van der Waals surface area contributed by atoms with Crippen LogP contribution in [-0.2, 0) is 6.42 Å². The minimum Gasteiger partial charge on any atom is -0.289 e. The van der Waals surface area contributed by atoms with Crippen LogP contribution in [-0.4, -0.2) is 12.3 Å². The van der Waals surface area contributed by atoms with Crippen molar-refractivity contribution >= 4 is 5.71 Å². The van der Waals surface area contributed by atoms with Crippen LogP contribution >= 0.6 is 0 Å². The summed E-state index contributed by atoms with van der Waals surface area (Å²) >= 11 is 0. The maximum Gasteiger partial charge on any atom is 0.0395 e. The molecule has 1 aliphatic rings. The number of hydrogen-bond acceptors (Lipinski definition) is 1. The van der Waals surface area contributed by atoms with Gasteiger partial charge in [-0.15, -0.1) is 0 Å². The molecule has 0 amide bonds. The monoisotopic (exact) mass is 201 g/mol. The first-order chi connectivity index (χ1) is 8.09. The van der Waals surface area contributed by atoms with Gasteiger partial charge in [-0.3, -0.25) is 4.99 Å². The predicted octanol–water partition coefficient (Wildman–Crippen LogP) is 3.41. The van der Waals surface area contributed by atoms with Crippen molar-refractivity contribution in [2.75, 3.05) is 6.54 Å². The van der Waals surface area contributed by atoms with Gasteiger partial charge in [-0.2, -0.15) is 0 Å². The summed E-state index contributed by atoms with van der Waals surface area (Å²) in [5.74, 6) is 0. The van der Waals surface area contributed by atoms with Crippen molar-refractivity contribution < 1.29 is 2.74 Å². The Morgan fingerprint density at radius 1 is 1.33 bits per heavy atom. The van der Waals surface area contributed by atoms with Crippen LogP contribution in [0.25, 0.3) is 0 Å².